The van der Waals surface area contributed by atoms with Crippen LogP contribution in [0, 0.1) is 0 Å². The highest BCUT2D eigenvalue weighted by molar-refractivity contribution is 6.51. The first kappa shape index (κ1) is 21.3. The number of carbonyl (C=O) groups excluding carboxylic acids is 2. The molecule has 3 aliphatic rings. The number of nitrogens with zero attached hydrogens (tertiary/aromatic N) is 1. The van der Waals surface area contributed by atoms with Crippen LogP contribution in [0.2, 0.25) is 0 Å². The second-order valence-electron chi connectivity index (χ2n) is 8.86. The van der Waals surface area contributed by atoms with Gasteiger partial charge in [-0.1, -0.05) is 30.3 Å². The third-order valence-electron chi connectivity index (χ3n) is 6.53. The lowest BCUT2D eigenvalue weighted by molar-refractivity contribution is -0.132. The number of benzene rings is 3. The number of anilines is 1. The lowest BCUT2D eigenvalue weighted by atomic mass is 9.94. The van der Waals surface area contributed by atoms with Crippen LogP contribution in [0.25, 0.3) is 5.76 Å². The lowest BCUT2D eigenvalue weighted by Gasteiger charge is -2.27. The molecule has 0 aliphatic carbocycles. The molecule has 0 spiro atoms. The van der Waals surface area contributed by atoms with Crippen molar-refractivity contribution in [3.8, 4) is 17.2 Å². The van der Waals surface area contributed by atoms with Crippen LogP contribution in [0.4, 0.5) is 5.69 Å². The van der Waals surface area contributed by atoms with Gasteiger partial charge in [-0.2, -0.15) is 0 Å². The Hall–Kier alpha value is -4.26. The van der Waals surface area contributed by atoms with Crippen molar-refractivity contribution >= 4 is 23.1 Å². The number of hydrogen-bond acceptors (Lipinski definition) is 6. The van der Waals surface area contributed by atoms with Gasteiger partial charge in [0.05, 0.1) is 11.6 Å². The molecule has 3 heterocycles. The maximum Gasteiger partial charge on any atom is 0.300 e. The number of hydrogen-bond donors (Lipinski definition) is 1. The second kappa shape index (κ2) is 8.20. The smallest absolute Gasteiger partial charge is 0.300 e. The topological polar surface area (TPSA) is 85.3 Å². The van der Waals surface area contributed by atoms with Gasteiger partial charge in [0, 0.05) is 23.7 Å². The average molecular weight is 469 g/mol. The van der Waals surface area contributed by atoms with E-state index in [1.54, 1.807) is 30.3 Å². The van der Waals surface area contributed by atoms with Crippen LogP contribution in [0.3, 0.4) is 0 Å². The minimum Gasteiger partial charge on any atom is -0.507 e. The van der Waals surface area contributed by atoms with Crippen molar-refractivity contribution < 1.29 is 28.9 Å². The van der Waals surface area contributed by atoms with E-state index in [2.05, 4.69) is 0 Å². The molecule has 0 saturated carbocycles. The first-order chi connectivity index (χ1) is 17.0. The van der Waals surface area contributed by atoms with Crippen LogP contribution in [0.15, 0.2) is 72.3 Å². The summed E-state index contributed by atoms with van der Waals surface area (Å²) in [6, 6.07) is 18.9. The number of aliphatic hydroxyl groups is 1. The summed E-state index contributed by atoms with van der Waals surface area (Å²) in [6.45, 7) is 2.83. The van der Waals surface area contributed by atoms with Gasteiger partial charge in [-0.3, -0.25) is 14.5 Å². The molecular weight excluding hydrogens is 446 g/mol. The molecule has 0 aromatic heterocycles. The Morgan fingerprint density at radius 1 is 0.914 bits per heavy atom. The van der Waals surface area contributed by atoms with Crippen molar-refractivity contribution in [1.29, 1.82) is 0 Å². The molecular formula is C28H23NO6. The van der Waals surface area contributed by atoms with E-state index in [-0.39, 0.29) is 17.4 Å². The Balaban J connectivity index is 1.50. The summed E-state index contributed by atoms with van der Waals surface area (Å²) in [4.78, 5) is 28.2. The zero-order valence-electron chi connectivity index (χ0n) is 19.1. The second-order valence-corrected chi connectivity index (χ2v) is 8.86. The highest BCUT2D eigenvalue weighted by atomic mass is 16.6. The molecule has 2 unspecified atom stereocenters. The van der Waals surface area contributed by atoms with Gasteiger partial charge in [-0.25, -0.2) is 0 Å². The lowest BCUT2D eigenvalue weighted by Crippen LogP contribution is -2.29. The number of ether oxygens (including phenoxy) is 3. The standard InChI is InChI=1S/C28H23NO6/c1-16-13-19-14-18(7-9-21(19)35-16)26(30)24-25(17-5-3-2-4-6-17)29(28(32)27(24)31)20-8-10-22-23(15-20)34-12-11-33-22/h2-10,14-16,25,30H,11-13H2,1H3/b26-24+. The van der Waals surface area contributed by atoms with Crippen LogP contribution in [0.1, 0.15) is 29.7 Å². The SMILES string of the molecule is CC1Cc2cc(/C(O)=C3\C(=O)C(=O)N(c4ccc5c(c4)OCCO5)C3c3ccccc3)ccc2O1. The Kier molecular flexibility index (Phi) is 4.99. The molecule has 1 fully saturated rings. The molecule has 35 heavy (non-hydrogen) atoms. The van der Waals surface area contributed by atoms with Gasteiger partial charge in [0.15, 0.2) is 11.5 Å². The number of amides is 1. The first-order valence-electron chi connectivity index (χ1n) is 11.6. The van der Waals surface area contributed by atoms with Gasteiger partial charge in [-0.05, 0) is 48.4 Å². The van der Waals surface area contributed by atoms with Crippen LogP contribution in [-0.2, 0) is 16.0 Å². The predicted molar refractivity (Wildman–Crippen MR) is 129 cm³/mol. The summed E-state index contributed by atoms with van der Waals surface area (Å²) in [5.41, 5.74) is 2.67. The van der Waals surface area contributed by atoms with Crippen molar-refractivity contribution in [3.05, 3.63) is 89.0 Å². The average Bonchev–Trinajstić information content (AvgIpc) is 3.39. The highest BCUT2D eigenvalue weighted by Crippen LogP contribution is 2.45. The summed E-state index contributed by atoms with van der Waals surface area (Å²) >= 11 is 0. The number of fused-ring (bicyclic) bond motifs is 2. The largest absolute Gasteiger partial charge is 0.507 e. The van der Waals surface area contributed by atoms with Gasteiger partial charge in [0.1, 0.15) is 30.8 Å². The summed E-state index contributed by atoms with van der Waals surface area (Å²) in [5.74, 6) is 0.203. The number of ketones is 1. The fourth-order valence-corrected chi connectivity index (χ4v) is 4.96. The third-order valence-corrected chi connectivity index (χ3v) is 6.53. The Morgan fingerprint density at radius 2 is 1.66 bits per heavy atom. The Morgan fingerprint density at radius 3 is 2.46 bits per heavy atom. The minimum atomic E-state index is -0.804. The van der Waals surface area contributed by atoms with E-state index >= 15 is 0 Å². The molecule has 7 nitrogen and oxygen atoms in total. The highest BCUT2D eigenvalue weighted by Gasteiger charge is 2.47. The molecule has 3 aromatic rings. The van der Waals surface area contributed by atoms with E-state index in [0.717, 1.165) is 11.3 Å². The first-order valence-corrected chi connectivity index (χ1v) is 11.6. The van der Waals surface area contributed by atoms with Crippen molar-refractivity contribution in [1.82, 2.24) is 0 Å². The van der Waals surface area contributed by atoms with Crippen LogP contribution in [0.5, 0.6) is 17.2 Å². The molecule has 1 saturated heterocycles. The normalized spacial score (nSPS) is 22.1. The molecule has 1 N–H and O–H groups in total. The maximum atomic E-state index is 13.4. The molecule has 0 radical (unpaired) electrons. The number of carbonyl (C=O) groups is 2. The summed E-state index contributed by atoms with van der Waals surface area (Å²) < 4.78 is 17.1. The quantitative estimate of drug-likeness (QED) is 0.348. The zero-order chi connectivity index (χ0) is 24.1. The molecule has 3 aliphatic heterocycles. The van der Waals surface area contributed by atoms with Gasteiger partial charge >= 0.3 is 0 Å². The molecule has 7 heteroatoms. The van der Waals surface area contributed by atoms with E-state index in [1.165, 1.54) is 4.90 Å². The minimum absolute atomic E-state index is 0.0444. The predicted octanol–water partition coefficient (Wildman–Crippen LogP) is 4.41. The fraction of sp³-hybridized carbons (Fsp3) is 0.214. The number of aliphatic hydroxyl groups excluding tert-OH is 1. The molecule has 6 rings (SSSR count). The number of rotatable bonds is 3. The number of Topliss-reactive ketones (excluding diaryl/α,β-unsaturated/α-hetero) is 1. The van der Waals surface area contributed by atoms with E-state index in [9.17, 15) is 14.7 Å². The van der Waals surface area contributed by atoms with E-state index < -0.39 is 17.7 Å². The van der Waals surface area contributed by atoms with Crippen molar-refractivity contribution in [3.63, 3.8) is 0 Å². The van der Waals surface area contributed by atoms with Gasteiger partial charge in [0.25, 0.3) is 11.7 Å². The van der Waals surface area contributed by atoms with Crippen LogP contribution < -0.4 is 19.1 Å². The molecule has 2 atom stereocenters. The maximum absolute atomic E-state index is 13.4. The van der Waals surface area contributed by atoms with Crippen molar-refractivity contribution in [2.24, 2.45) is 0 Å². The van der Waals surface area contributed by atoms with Crippen LogP contribution >= 0.6 is 0 Å². The van der Waals surface area contributed by atoms with Crippen molar-refractivity contribution in [2.45, 2.75) is 25.5 Å². The molecule has 0 bridgehead atoms. The summed E-state index contributed by atoms with van der Waals surface area (Å²) in [5, 5.41) is 11.4. The van der Waals surface area contributed by atoms with Crippen LogP contribution in [-0.4, -0.2) is 36.1 Å². The third kappa shape index (κ3) is 3.51. The van der Waals surface area contributed by atoms with Gasteiger partial charge < -0.3 is 19.3 Å². The van der Waals surface area contributed by atoms with E-state index in [4.69, 9.17) is 14.2 Å². The summed E-state index contributed by atoms with van der Waals surface area (Å²) in [7, 11) is 0. The van der Waals surface area contributed by atoms with Gasteiger partial charge in [0.2, 0.25) is 0 Å². The van der Waals surface area contributed by atoms with Crippen molar-refractivity contribution in [2.75, 3.05) is 18.1 Å². The zero-order valence-corrected chi connectivity index (χ0v) is 19.1. The molecule has 3 aromatic carbocycles. The summed E-state index contributed by atoms with van der Waals surface area (Å²) in [6.07, 6.45) is 0.761. The van der Waals surface area contributed by atoms with Gasteiger partial charge in [-0.15, -0.1) is 0 Å². The molecule has 176 valence electrons. The van der Waals surface area contributed by atoms with E-state index in [1.807, 2.05) is 43.3 Å². The Bertz CT molecular complexity index is 1380. The Labute approximate surface area is 202 Å². The monoisotopic (exact) mass is 469 g/mol. The fourth-order valence-electron chi connectivity index (χ4n) is 4.96. The molecule has 1 amide bonds. The van der Waals surface area contributed by atoms with E-state index in [0.29, 0.717) is 47.9 Å².